The van der Waals surface area contributed by atoms with E-state index in [2.05, 4.69) is 43.0 Å². The van der Waals surface area contributed by atoms with Crippen molar-refractivity contribution in [2.24, 2.45) is 0 Å². The van der Waals surface area contributed by atoms with E-state index < -0.39 is 0 Å². The van der Waals surface area contributed by atoms with Crippen LogP contribution in [0.15, 0.2) is 24.3 Å². The molecule has 3 heteroatoms. The van der Waals surface area contributed by atoms with Crippen molar-refractivity contribution in [3.8, 4) is 0 Å². The molecule has 0 aliphatic carbocycles. The number of benzene rings is 1. The molecule has 1 aromatic rings. The standard InChI is InChI=1S/C16H25NO2/c1-13-10-17(11-14(2)19-13)12-16-7-5-15(6-8-16)4-3-9-18/h5-8,13-14,18H,3-4,9-12H2,1-2H3. The van der Waals surface area contributed by atoms with Gasteiger partial charge in [-0.3, -0.25) is 4.90 Å². The first-order valence-electron chi connectivity index (χ1n) is 7.24. The molecule has 0 spiro atoms. The Labute approximate surface area is 116 Å². The summed E-state index contributed by atoms with van der Waals surface area (Å²) in [5, 5.41) is 8.83. The van der Waals surface area contributed by atoms with Crippen LogP contribution in [0.2, 0.25) is 0 Å². The Kier molecular flexibility index (Phi) is 5.37. The molecule has 19 heavy (non-hydrogen) atoms. The zero-order valence-corrected chi connectivity index (χ0v) is 12.0. The molecule has 1 aliphatic rings. The molecule has 1 heterocycles. The van der Waals surface area contributed by atoms with Crippen LogP contribution in [0, 0.1) is 0 Å². The number of aliphatic hydroxyl groups is 1. The number of hydrogen-bond acceptors (Lipinski definition) is 3. The smallest absolute Gasteiger partial charge is 0.0678 e. The van der Waals surface area contributed by atoms with Gasteiger partial charge in [-0.25, -0.2) is 0 Å². The Bertz CT molecular complexity index is 367. The van der Waals surface area contributed by atoms with Gasteiger partial charge in [0.2, 0.25) is 0 Å². The minimum Gasteiger partial charge on any atom is -0.396 e. The molecule has 106 valence electrons. The lowest BCUT2D eigenvalue weighted by molar-refractivity contribution is -0.0704. The van der Waals surface area contributed by atoms with Crippen LogP contribution >= 0.6 is 0 Å². The van der Waals surface area contributed by atoms with Crippen LogP contribution in [0.25, 0.3) is 0 Å². The van der Waals surface area contributed by atoms with Gasteiger partial charge in [-0.2, -0.15) is 0 Å². The third-order valence-corrected chi connectivity index (χ3v) is 3.55. The van der Waals surface area contributed by atoms with E-state index >= 15 is 0 Å². The molecule has 2 rings (SSSR count). The van der Waals surface area contributed by atoms with E-state index in [0.29, 0.717) is 12.2 Å². The van der Waals surface area contributed by atoms with Gasteiger partial charge in [0, 0.05) is 26.2 Å². The molecule has 1 N–H and O–H groups in total. The van der Waals surface area contributed by atoms with Gasteiger partial charge in [0.25, 0.3) is 0 Å². The molecule has 0 aromatic heterocycles. The lowest BCUT2D eigenvalue weighted by atomic mass is 10.1. The fourth-order valence-electron chi connectivity index (χ4n) is 2.77. The van der Waals surface area contributed by atoms with E-state index in [0.717, 1.165) is 32.5 Å². The topological polar surface area (TPSA) is 32.7 Å². The van der Waals surface area contributed by atoms with Gasteiger partial charge in [0.1, 0.15) is 0 Å². The number of nitrogens with zero attached hydrogens (tertiary/aromatic N) is 1. The van der Waals surface area contributed by atoms with Crippen LogP contribution < -0.4 is 0 Å². The van der Waals surface area contributed by atoms with E-state index in [1.165, 1.54) is 11.1 Å². The van der Waals surface area contributed by atoms with Gasteiger partial charge in [-0.15, -0.1) is 0 Å². The highest BCUT2D eigenvalue weighted by molar-refractivity contribution is 5.22. The summed E-state index contributed by atoms with van der Waals surface area (Å²) < 4.78 is 5.75. The number of ether oxygens (including phenoxy) is 1. The molecule has 1 fully saturated rings. The fraction of sp³-hybridized carbons (Fsp3) is 0.625. The van der Waals surface area contributed by atoms with Crippen molar-refractivity contribution >= 4 is 0 Å². The van der Waals surface area contributed by atoms with Crippen molar-refractivity contribution in [2.45, 2.75) is 45.4 Å². The van der Waals surface area contributed by atoms with Crippen LogP contribution in [-0.2, 0) is 17.7 Å². The first-order chi connectivity index (χ1) is 9.17. The Morgan fingerprint density at radius 1 is 1.11 bits per heavy atom. The number of rotatable bonds is 5. The van der Waals surface area contributed by atoms with E-state index in [1.54, 1.807) is 0 Å². The molecule has 1 saturated heterocycles. The first-order valence-corrected chi connectivity index (χ1v) is 7.24. The maximum absolute atomic E-state index is 8.83. The van der Waals surface area contributed by atoms with Crippen molar-refractivity contribution in [3.05, 3.63) is 35.4 Å². The molecular weight excluding hydrogens is 238 g/mol. The normalized spacial score (nSPS) is 24.6. The molecular formula is C16H25NO2. The predicted octanol–water partition coefficient (Wildman–Crippen LogP) is 2.22. The minimum atomic E-state index is 0.269. The van der Waals surface area contributed by atoms with E-state index in [4.69, 9.17) is 9.84 Å². The Hall–Kier alpha value is -0.900. The second-order valence-corrected chi connectivity index (χ2v) is 5.60. The molecule has 0 amide bonds. The predicted molar refractivity (Wildman–Crippen MR) is 77.1 cm³/mol. The van der Waals surface area contributed by atoms with Crippen molar-refractivity contribution in [2.75, 3.05) is 19.7 Å². The van der Waals surface area contributed by atoms with Gasteiger partial charge >= 0.3 is 0 Å². The average molecular weight is 263 g/mol. The average Bonchev–Trinajstić information content (AvgIpc) is 2.37. The zero-order chi connectivity index (χ0) is 13.7. The monoisotopic (exact) mass is 263 g/mol. The van der Waals surface area contributed by atoms with Crippen molar-refractivity contribution in [1.82, 2.24) is 4.90 Å². The minimum absolute atomic E-state index is 0.269. The van der Waals surface area contributed by atoms with Crippen LogP contribution in [0.4, 0.5) is 0 Å². The lowest BCUT2D eigenvalue weighted by Crippen LogP contribution is -2.44. The van der Waals surface area contributed by atoms with E-state index in [9.17, 15) is 0 Å². The Morgan fingerprint density at radius 3 is 2.26 bits per heavy atom. The highest BCUT2D eigenvalue weighted by atomic mass is 16.5. The SMILES string of the molecule is CC1CN(Cc2ccc(CCCO)cc2)CC(C)O1. The largest absolute Gasteiger partial charge is 0.396 e. The third kappa shape index (κ3) is 4.60. The van der Waals surface area contributed by atoms with Crippen LogP contribution in [0.1, 0.15) is 31.4 Å². The van der Waals surface area contributed by atoms with Crippen molar-refractivity contribution < 1.29 is 9.84 Å². The molecule has 0 saturated carbocycles. The molecule has 1 aliphatic heterocycles. The highest BCUT2D eigenvalue weighted by Gasteiger charge is 2.21. The van der Waals surface area contributed by atoms with Crippen LogP contribution in [-0.4, -0.2) is 41.9 Å². The molecule has 0 radical (unpaired) electrons. The number of morpholine rings is 1. The first kappa shape index (κ1) is 14.5. The Morgan fingerprint density at radius 2 is 1.68 bits per heavy atom. The Balaban J connectivity index is 1.88. The van der Waals surface area contributed by atoms with Gasteiger partial charge in [-0.05, 0) is 37.8 Å². The fourth-order valence-corrected chi connectivity index (χ4v) is 2.77. The van der Waals surface area contributed by atoms with Crippen molar-refractivity contribution in [1.29, 1.82) is 0 Å². The molecule has 1 aromatic carbocycles. The summed E-state index contributed by atoms with van der Waals surface area (Å²) >= 11 is 0. The van der Waals surface area contributed by atoms with Gasteiger partial charge in [-0.1, -0.05) is 24.3 Å². The van der Waals surface area contributed by atoms with Gasteiger partial charge < -0.3 is 9.84 Å². The van der Waals surface area contributed by atoms with Crippen LogP contribution in [0.5, 0.6) is 0 Å². The highest BCUT2D eigenvalue weighted by Crippen LogP contribution is 2.15. The maximum Gasteiger partial charge on any atom is 0.0678 e. The summed E-state index contributed by atoms with van der Waals surface area (Å²) in [5.74, 6) is 0. The maximum atomic E-state index is 8.83. The summed E-state index contributed by atoms with van der Waals surface area (Å²) in [7, 11) is 0. The second-order valence-electron chi connectivity index (χ2n) is 5.60. The zero-order valence-electron chi connectivity index (χ0n) is 12.0. The summed E-state index contributed by atoms with van der Waals surface area (Å²) in [6, 6.07) is 8.77. The van der Waals surface area contributed by atoms with Crippen LogP contribution in [0.3, 0.4) is 0 Å². The molecule has 2 unspecified atom stereocenters. The van der Waals surface area contributed by atoms with E-state index in [-0.39, 0.29) is 6.61 Å². The summed E-state index contributed by atoms with van der Waals surface area (Å²) in [5.41, 5.74) is 2.66. The number of aliphatic hydroxyl groups excluding tert-OH is 1. The quantitative estimate of drug-likeness (QED) is 0.884. The summed E-state index contributed by atoms with van der Waals surface area (Å²) in [6.07, 6.45) is 2.46. The summed E-state index contributed by atoms with van der Waals surface area (Å²) in [4.78, 5) is 2.46. The molecule has 3 nitrogen and oxygen atoms in total. The molecule has 0 bridgehead atoms. The number of hydrogen-bond donors (Lipinski definition) is 1. The van der Waals surface area contributed by atoms with Gasteiger partial charge in [0.15, 0.2) is 0 Å². The second kappa shape index (κ2) is 7.04. The van der Waals surface area contributed by atoms with Crippen molar-refractivity contribution in [3.63, 3.8) is 0 Å². The lowest BCUT2D eigenvalue weighted by Gasteiger charge is -2.35. The number of aryl methyl sites for hydroxylation is 1. The summed E-state index contributed by atoms with van der Waals surface area (Å²) in [6.45, 7) is 7.57. The van der Waals surface area contributed by atoms with Gasteiger partial charge in [0.05, 0.1) is 12.2 Å². The molecule has 2 atom stereocenters. The van der Waals surface area contributed by atoms with E-state index in [1.807, 2.05) is 0 Å². The third-order valence-electron chi connectivity index (χ3n) is 3.55.